The molecule has 0 atom stereocenters. The number of ether oxygens (including phenoxy) is 1. The van der Waals surface area contributed by atoms with E-state index in [0.717, 1.165) is 24.4 Å². The molecule has 0 radical (unpaired) electrons. The number of methoxy groups -OCH3 is 1. The summed E-state index contributed by atoms with van der Waals surface area (Å²) in [4.78, 5) is 8.15. The Morgan fingerprint density at radius 2 is 2.24 bits per heavy atom. The molecule has 2 rings (SSSR count). The second-order valence-corrected chi connectivity index (χ2v) is 3.59. The van der Waals surface area contributed by atoms with Crippen LogP contribution in [-0.4, -0.2) is 26.9 Å². The van der Waals surface area contributed by atoms with Crippen LogP contribution in [0.3, 0.4) is 0 Å². The summed E-state index contributed by atoms with van der Waals surface area (Å²) in [5.74, 6) is 0.653. The van der Waals surface area contributed by atoms with Gasteiger partial charge in [0.2, 0.25) is 11.8 Å². The van der Waals surface area contributed by atoms with E-state index < -0.39 is 0 Å². The lowest BCUT2D eigenvalue weighted by molar-refractivity contribution is 0.398. The SMILES string of the molecule is CCCn1nccc1-c1cc(OC)nc(N)n1. The number of aromatic nitrogens is 4. The number of anilines is 1. The van der Waals surface area contributed by atoms with Crippen LogP contribution in [0.2, 0.25) is 0 Å². The highest BCUT2D eigenvalue weighted by Gasteiger charge is 2.09. The fourth-order valence-corrected chi connectivity index (χ4v) is 1.62. The Kier molecular flexibility index (Phi) is 3.22. The normalized spacial score (nSPS) is 10.5. The van der Waals surface area contributed by atoms with Gasteiger partial charge in [-0.05, 0) is 12.5 Å². The minimum atomic E-state index is 0.198. The molecule has 0 saturated carbocycles. The topological polar surface area (TPSA) is 78.8 Å². The Balaban J connectivity index is 2.44. The predicted octanol–water partition coefficient (Wildman–Crippen LogP) is 1.34. The van der Waals surface area contributed by atoms with Crippen LogP contribution in [0.5, 0.6) is 5.88 Å². The third kappa shape index (κ3) is 2.35. The van der Waals surface area contributed by atoms with E-state index >= 15 is 0 Å². The zero-order valence-electron chi connectivity index (χ0n) is 9.92. The predicted molar refractivity (Wildman–Crippen MR) is 64.5 cm³/mol. The lowest BCUT2D eigenvalue weighted by Gasteiger charge is -2.07. The monoisotopic (exact) mass is 233 g/mol. The molecule has 0 amide bonds. The number of nitrogen functional groups attached to an aromatic ring is 1. The van der Waals surface area contributed by atoms with Crippen molar-refractivity contribution in [1.29, 1.82) is 0 Å². The van der Waals surface area contributed by atoms with E-state index in [9.17, 15) is 0 Å². The maximum atomic E-state index is 5.63. The van der Waals surface area contributed by atoms with Crippen molar-refractivity contribution in [1.82, 2.24) is 19.7 Å². The van der Waals surface area contributed by atoms with E-state index in [1.54, 1.807) is 19.4 Å². The van der Waals surface area contributed by atoms with Crippen molar-refractivity contribution in [2.45, 2.75) is 19.9 Å². The first-order chi connectivity index (χ1) is 8.24. The van der Waals surface area contributed by atoms with Crippen molar-refractivity contribution in [3.05, 3.63) is 18.3 Å². The molecule has 0 spiro atoms. The Morgan fingerprint density at radius 1 is 1.41 bits per heavy atom. The highest BCUT2D eigenvalue weighted by Crippen LogP contribution is 2.21. The second kappa shape index (κ2) is 4.82. The van der Waals surface area contributed by atoms with Crippen molar-refractivity contribution >= 4 is 5.95 Å². The lowest BCUT2D eigenvalue weighted by Crippen LogP contribution is -2.04. The van der Waals surface area contributed by atoms with E-state index in [1.165, 1.54) is 0 Å². The van der Waals surface area contributed by atoms with Gasteiger partial charge in [-0.1, -0.05) is 6.92 Å². The third-order valence-electron chi connectivity index (χ3n) is 2.34. The number of hydrogen-bond donors (Lipinski definition) is 1. The van der Waals surface area contributed by atoms with Gasteiger partial charge >= 0.3 is 0 Å². The number of nitrogens with two attached hydrogens (primary N) is 1. The van der Waals surface area contributed by atoms with Gasteiger partial charge in [-0.2, -0.15) is 10.1 Å². The quantitative estimate of drug-likeness (QED) is 0.862. The molecule has 0 aliphatic rings. The van der Waals surface area contributed by atoms with Gasteiger partial charge in [0.25, 0.3) is 0 Å². The molecule has 6 nitrogen and oxygen atoms in total. The highest BCUT2D eigenvalue weighted by molar-refractivity contribution is 5.57. The van der Waals surface area contributed by atoms with Crippen LogP contribution >= 0.6 is 0 Å². The fraction of sp³-hybridized carbons (Fsp3) is 0.364. The second-order valence-electron chi connectivity index (χ2n) is 3.59. The molecule has 0 aromatic carbocycles. The van der Waals surface area contributed by atoms with Gasteiger partial charge in [0.15, 0.2) is 0 Å². The summed E-state index contributed by atoms with van der Waals surface area (Å²) in [6.07, 6.45) is 2.75. The molecule has 0 saturated heterocycles. The molecule has 17 heavy (non-hydrogen) atoms. The van der Waals surface area contributed by atoms with Crippen LogP contribution in [0.25, 0.3) is 11.4 Å². The molecule has 0 fully saturated rings. The summed E-state index contributed by atoms with van der Waals surface area (Å²) >= 11 is 0. The summed E-state index contributed by atoms with van der Waals surface area (Å²) in [6, 6.07) is 3.65. The molecular weight excluding hydrogens is 218 g/mol. The number of hydrogen-bond acceptors (Lipinski definition) is 5. The van der Waals surface area contributed by atoms with Crippen LogP contribution in [0.4, 0.5) is 5.95 Å². The fourth-order valence-electron chi connectivity index (χ4n) is 1.62. The molecule has 2 aromatic rings. The van der Waals surface area contributed by atoms with E-state index in [0.29, 0.717) is 5.88 Å². The van der Waals surface area contributed by atoms with Crippen molar-refractivity contribution < 1.29 is 4.74 Å². The number of rotatable bonds is 4. The average molecular weight is 233 g/mol. The minimum absolute atomic E-state index is 0.198. The van der Waals surface area contributed by atoms with Crippen LogP contribution in [0.1, 0.15) is 13.3 Å². The Bertz CT molecular complexity index is 508. The molecule has 2 aromatic heterocycles. The van der Waals surface area contributed by atoms with Gasteiger partial charge < -0.3 is 10.5 Å². The van der Waals surface area contributed by atoms with E-state index in [-0.39, 0.29) is 5.95 Å². The maximum absolute atomic E-state index is 5.63. The van der Waals surface area contributed by atoms with Gasteiger partial charge in [0, 0.05) is 18.8 Å². The first-order valence-electron chi connectivity index (χ1n) is 5.45. The van der Waals surface area contributed by atoms with E-state index in [4.69, 9.17) is 10.5 Å². The largest absolute Gasteiger partial charge is 0.481 e. The molecule has 6 heteroatoms. The van der Waals surface area contributed by atoms with Crippen LogP contribution in [-0.2, 0) is 6.54 Å². The summed E-state index contributed by atoms with van der Waals surface area (Å²) in [6.45, 7) is 2.94. The smallest absolute Gasteiger partial charge is 0.223 e. The number of aryl methyl sites for hydroxylation is 1. The van der Waals surface area contributed by atoms with Crippen molar-refractivity contribution in [2.75, 3.05) is 12.8 Å². The van der Waals surface area contributed by atoms with Gasteiger partial charge in [-0.25, -0.2) is 4.98 Å². The Hall–Kier alpha value is -2.11. The lowest BCUT2D eigenvalue weighted by atomic mass is 10.3. The first-order valence-corrected chi connectivity index (χ1v) is 5.45. The van der Waals surface area contributed by atoms with Crippen molar-refractivity contribution in [3.63, 3.8) is 0 Å². The standard InChI is InChI=1S/C11H15N5O/c1-3-6-16-9(4-5-13-16)8-7-10(17-2)15-11(12)14-8/h4-5,7H,3,6H2,1-2H3,(H2,12,14,15). The van der Waals surface area contributed by atoms with Gasteiger partial charge in [-0.15, -0.1) is 0 Å². The Labute approximate surface area is 99.4 Å². The summed E-state index contributed by atoms with van der Waals surface area (Å²) in [5, 5.41) is 4.24. The first kappa shape index (κ1) is 11.4. The molecule has 2 heterocycles. The molecule has 0 aliphatic carbocycles. The van der Waals surface area contributed by atoms with Crippen LogP contribution < -0.4 is 10.5 Å². The zero-order chi connectivity index (χ0) is 12.3. The zero-order valence-corrected chi connectivity index (χ0v) is 9.92. The molecular formula is C11H15N5O. The molecule has 0 bridgehead atoms. The van der Waals surface area contributed by atoms with Crippen LogP contribution in [0, 0.1) is 0 Å². The molecule has 0 aliphatic heterocycles. The third-order valence-corrected chi connectivity index (χ3v) is 2.34. The van der Waals surface area contributed by atoms with E-state index in [1.807, 2.05) is 10.7 Å². The van der Waals surface area contributed by atoms with Gasteiger partial charge in [0.1, 0.15) is 0 Å². The summed E-state index contributed by atoms with van der Waals surface area (Å²) in [5.41, 5.74) is 7.27. The van der Waals surface area contributed by atoms with Crippen molar-refractivity contribution in [2.24, 2.45) is 0 Å². The summed E-state index contributed by atoms with van der Waals surface area (Å²) in [7, 11) is 1.55. The maximum Gasteiger partial charge on any atom is 0.223 e. The molecule has 2 N–H and O–H groups in total. The van der Waals surface area contributed by atoms with Crippen LogP contribution in [0.15, 0.2) is 18.3 Å². The van der Waals surface area contributed by atoms with Crippen molar-refractivity contribution in [3.8, 4) is 17.3 Å². The van der Waals surface area contributed by atoms with Gasteiger partial charge in [0.05, 0.1) is 18.5 Å². The summed E-state index contributed by atoms with van der Waals surface area (Å²) < 4.78 is 6.96. The van der Waals surface area contributed by atoms with E-state index in [2.05, 4.69) is 22.0 Å². The minimum Gasteiger partial charge on any atom is -0.481 e. The average Bonchev–Trinajstić information content (AvgIpc) is 2.77. The molecule has 90 valence electrons. The Morgan fingerprint density at radius 3 is 2.94 bits per heavy atom. The number of nitrogens with zero attached hydrogens (tertiary/aromatic N) is 4. The highest BCUT2D eigenvalue weighted by atomic mass is 16.5. The molecule has 0 unspecified atom stereocenters. The van der Waals surface area contributed by atoms with Gasteiger partial charge in [-0.3, -0.25) is 4.68 Å².